The van der Waals surface area contributed by atoms with Gasteiger partial charge in [-0.15, -0.1) is 11.3 Å². The predicted octanol–water partition coefficient (Wildman–Crippen LogP) is 3.45. The number of aromatic nitrogens is 1. The predicted molar refractivity (Wildman–Crippen MR) is 93.9 cm³/mol. The maximum Gasteiger partial charge on any atom is 0.204 e. The molecule has 0 fully saturated rings. The first-order chi connectivity index (χ1) is 10.6. The van der Waals surface area contributed by atoms with Crippen molar-refractivity contribution in [2.24, 2.45) is 11.5 Å². The average Bonchev–Trinajstić information content (AvgIpc) is 2.94. The number of aryl methyl sites for hydroxylation is 1. The fraction of sp³-hybridized carbons (Fsp3) is 0.412. The van der Waals surface area contributed by atoms with Crippen LogP contribution in [0.5, 0.6) is 0 Å². The number of nitrogens with two attached hydrogens (primary N) is 2. The maximum absolute atomic E-state index is 8.58. The zero-order chi connectivity index (χ0) is 16.4. The first-order valence-corrected chi connectivity index (χ1v) is 8.37. The van der Waals surface area contributed by atoms with E-state index >= 15 is 0 Å². The van der Waals surface area contributed by atoms with Crippen LogP contribution < -0.4 is 11.5 Å². The number of carbonyl (C=O) groups is 1. The van der Waals surface area contributed by atoms with Crippen molar-refractivity contribution in [3.63, 3.8) is 0 Å². The van der Waals surface area contributed by atoms with E-state index in [0.717, 1.165) is 18.7 Å². The van der Waals surface area contributed by atoms with Crippen LogP contribution in [-0.4, -0.2) is 17.9 Å². The number of amides is 1. The summed E-state index contributed by atoms with van der Waals surface area (Å²) < 4.78 is 0. The van der Waals surface area contributed by atoms with E-state index in [0.29, 0.717) is 5.92 Å². The molecule has 0 saturated carbocycles. The highest BCUT2D eigenvalue weighted by Gasteiger charge is 2.08. The van der Waals surface area contributed by atoms with Crippen molar-refractivity contribution in [1.29, 1.82) is 0 Å². The normalized spacial score (nSPS) is 11.4. The second kappa shape index (κ2) is 10.1. The monoisotopic (exact) mass is 319 g/mol. The van der Waals surface area contributed by atoms with Gasteiger partial charge in [-0.1, -0.05) is 37.6 Å². The fourth-order valence-electron chi connectivity index (χ4n) is 2.30. The number of carbonyl (C=O) groups excluding carboxylic acids is 1. The van der Waals surface area contributed by atoms with E-state index in [2.05, 4.69) is 48.8 Å². The number of rotatable bonds is 6. The summed E-state index contributed by atoms with van der Waals surface area (Å²) in [6.07, 6.45) is 3.81. The van der Waals surface area contributed by atoms with E-state index in [1.165, 1.54) is 28.8 Å². The maximum atomic E-state index is 8.58. The molecule has 0 saturated heterocycles. The molecule has 1 heterocycles. The second-order valence-electron chi connectivity index (χ2n) is 5.21. The molecule has 0 aliphatic heterocycles. The third-order valence-electron chi connectivity index (χ3n) is 3.58. The molecule has 0 aliphatic rings. The zero-order valence-corrected chi connectivity index (χ0v) is 14.1. The fourth-order valence-corrected chi connectivity index (χ4v) is 3.12. The van der Waals surface area contributed by atoms with E-state index in [4.69, 9.17) is 10.5 Å². The molecule has 4 nitrogen and oxygen atoms in total. The summed E-state index contributed by atoms with van der Waals surface area (Å²) >= 11 is 1.71. The molecular weight excluding hydrogens is 294 g/mol. The van der Waals surface area contributed by atoms with Crippen LogP contribution in [0.1, 0.15) is 43.4 Å². The Morgan fingerprint density at radius 3 is 2.41 bits per heavy atom. The Bertz CT molecular complexity index is 551. The zero-order valence-electron chi connectivity index (χ0n) is 13.3. The summed E-state index contributed by atoms with van der Waals surface area (Å²) in [5, 5.41) is 0. The molecule has 1 aromatic carbocycles. The summed E-state index contributed by atoms with van der Waals surface area (Å²) in [7, 11) is 0. The summed E-state index contributed by atoms with van der Waals surface area (Å²) in [6.45, 7) is 5.16. The molecule has 2 rings (SSSR count). The molecule has 1 unspecified atom stereocenters. The van der Waals surface area contributed by atoms with Gasteiger partial charge in [-0.3, -0.25) is 4.79 Å². The van der Waals surface area contributed by atoms with Crippen LogP contribution in [0.2, 0.25) is 0 Å². The number of hydrogen-bond donors (Lipinski definition) is 2. The molecular formula is C17H25N3OS. The minimum Gasteiger partial charge on any atom is -0.372 e. The van der Waals surface area contributed by atoms with E-state index < -0.39 is 0 Å². The second-order valence-corrected chi connectivity index (χ2v) is 6.07. The van der Waals surface area contributed by atoms with Crippen molar-refractivity contribution >= 4 is 17.7 Å². The lowest BCUT2D eigenvalue weighted by molar-refractivity contribution is -0.106. The quantitative estimate of drug-likeness (QED) is 0.632. The Hall–Kier alpha value is -1.72. The Morgan fingerprint density at radius 2 is 1.91 bits per heavy atom. The van der Waals surface area contributed by atoms with Crippen LogP contribution in [0.15, 0.2) is 29.8 Å². The molecule has 0 aliphatic carbocycles. The molecule has 1 aromatic heterocycles. The SMILES string of the molecule is Cc1ncsc1-c1ccc(C(C)CCCCN)cc1.NC=O. The molecule has 1 atom stereocenters. The lowest BCUT2D eigenvalue weighted by Gasteiger charge is -2.12. The van der Waals surface area contributed by atoms with E-state index in [9.17, 15) is 0 Å². The van der Waals surface area contributed by atoms with Gasteiger partial charge in [0.2, 0.25) is 6.41 Å². The highest BCUT2D eigenvalue weighted by molar-refractivity contribution is 7.13. The van der Waals surface area contributed by atoms with Gasteiger partial charge in [0, 0.05) is 0 Å². The first-order valence-electron chi connectivity index (χ1n) is 7.49. The third kappa shape index (κ3) is 5.58. The largest absolute Gasteiger partial charge is 0.372 e. The number of nitrogens with zero attached hydrogens (tertiary/aromatic N) is 1. The van der Waals surface area contributed by atoms with Gasteiger partial charge in [-0.05, 0) is 43.4 Å². The van der Waals surface area contributed by atoms with Crippen LogP contribution in [-0.2, 0) is 4.79 Å². The number of thiazole rings is 1. The molecule has 1 amide bonds. The number of primary amides is 1. The lowest BCUT2D eigenvalue weighted by atomic mass is 9.94. The topological polar surface area (TPSA) is 82.0 Å². The summed E-state index contributed by atoms with van der Waals surface area (Å²) in [4.78, 5) is 14.2. The van der Waals surface area contributed by atoms with Gasteiger partial charge in [-0.25, -0.2) is 4.98 Å². The molecule has 0 radical (unpaired) electrons. The molecule has 2 aromatic rings. The summed E-state index contributed by atoms with van der Waals surface area (Å²) in [5.41, 5.74) is 15.4. The third-order valence-corrected chi connectivity index (χ3v) is 4.56. The van der Waals surface area contributed by atoms with E-state index in [-0.39, 0.29) is 6.41 Å². The van der Waals surface area contributed by atoms with Crippen molar-refractivity contribution in [2.75, 3.05) is 6.54 Å². The van der Waals surface area contributed by atoms with Crippen molar-refractivity contribution in [2.45, 2.75) is 39.0 Å². The highest BCUT2D eigenvalue weighted by Crippen LogP contribution is 2.29. The van der Waals surface area contributed by atoms with Crippen LogP contribution in [0.3, 0.4) is 0 Å². The van der Waals surface area contributed by atoms with Crippen molar-refractivity contribution in [1.82, 2.24) is 4.98 Å². The number of hydrogen-bond acceptors (Lipinski definition) is 4. The van der Waals surface area contributed by atoms with Gasteiger partial charge < -0.3 is 11.5 Å². The summed E-state index contributed by atoms with van der Waals surface area (Å²) in [5.74, 6) is 0.614. The first kappa shape index (κ1) is 18.3. The van der Waals surface area contributed by atoms with Crippen LogP contribution >= 0.6 is 11.3 Å². The Balaban J connectivity index is 0.000000745. The molecule has 4 N–H and O–H groups in total. The summed E-state index contributed by atoms with van der Waals surface area (Å²) in [6, 6.07) is 8.94. The highest BCUT2D eigenvalue weighted by atomic mass is 32.1. The van der Waals surface area contributed by atoms with Gasteiger partial charge in [-0.2, -0.15) is 0 Å². The van der Waals surface area contributed by atoms with Crippen LogP contribution in [0.25, 0.3) is 10.4 Å². The Morgan fingerprint density at radius 1 is 1.27 bits per heavy atom. The van der Waals surface area contributed by atoms with Gasteiger partial charge in [0.25, 0.3) is 0 Å². The smallest absolute Gasteiger partial charge is 0.204 e. The average molecular weight is 319 g/mol. The Kier molecular flexibility index (Phi) is 8.40. The van der Waals surface area contributed by atoms with Crippen LogP contribution in [0.4, 0.5) is 0 Å². The van der Waals surface area contributed by atoms with E-state index in [1.54, 1.807) is 11.3 Å². The Labute approximate surface area is 136 Å². The molecule has 0 bridgehead atoms. The minimum absolute atomic E-state index is 0.250. The van der Waals surface area contributed by atoms with Gasteiger partial charge in [0.1, 0.15) is 0 Å². The molecule has 22 heavy (non-hydrogen) atoms. The number of unbranched alkanes of at least 4 members (excludes halogenated alkanes) is 1. The molecule has 120 valence electrons. The van der Waals surface area contributed by atoms with E-state index in [1.807, 2.05) is 5.51 Å². The van der Waals surface area contributed by atoms with Gasteiger partial charge >= 0.3 is 0 Å². The lowest BCUT2D eigenvalue weighted by Crippen LogP contribution is -2.00. The standard InChI is InChI=1S/C16H22N2S.CH3NO/c1-12(5-3-4-10-17)14-6-8-15(9-7-14)16-13(2)18-11-19-16;2-1-3/h6-9,11-12H,3-5,10,17H2,1-2H3;1H,(H2,2,3). The van der Waals surface area contributed by atoms with Crippen molar-refractivity contribution in [3.8, 4) is 10.4 Å². The van der Waals surface area contributed by atoms with Gasteiger partial charge in [0.05, 0.1) is 16.1 Å². The van der Waals surface area contributed by atoms with Gasteiger partial charge in [0.15, 0.2) is 0 Å². The minimum atomic E-state index is 0.250. The number of benzene rings is 1. The van der Waals surface area contributed by atoms with Crippen LogP contribution in [0, 0.1) is 6.92 Å². The molecule has 5 heteroatoms. The van der Waals surface area contributed by atoms with Crippen molar-refractivity contribution in [3.05, 3.63) is 41.0 Å². The van der Waals surface area contributed by atoms with Crippen molar-refractivity contribution < 1.29 is 4.79 Å². The molecule has 0 spiro atoms.